The zero-order chi connectivity index (χ0) is 13.1. The zero-order valence-electron chi connectivity index (χ0n) is 11.8. The quantitative estimate of drug-likeness (QED) is 0.861. The van der Waals surface area contributed by atoms with Gasteiger partial charge in [0, 0.05) is 38.3 Å². The molecule has 19 heavy (non-hydrogen) atoms. The summed E-state index contributed by atoms with van der Waals surface area (Å²) < 4.78 is 5.43. The SMILES string of the molecule is CCNCc1cc(CN2CCN3CCCC3C2)on1. The van der Waals surface area contributed by atoms with Crippen molar-refractivity contribution in [2.75, 3.05) is 32.7 Å². The van der Waals surface area contributed by atoms with E-state index in [0.717, 1.165) is 43.7 Å². The Kier molecular flexibility index (Phi) is 4.15. The summed E-state index contributed by atoms with van der Waals surface area (Å²) in [6.45, 7) is 9.62. The Hall–Kier alpha value is -0.910. The van der Waals surface area contributed by atoms with Crippen LogP contribution in [0.2, 0.25) is 0 Å². The molecule has 1 N–H and O–H groups in total. The molecule has 3 rings (SSSR count). The highest BCUT2D eigenvalue weighted by Crippen LogP contribution is 2.22. The molecule has 0 spiro atoms. The summed E-state index contributed by atoms with van der Waals surface area (Å²) in [5.74, 6) is 0.999. The van der Waals surface area contributed by atoms with Gasteiger partial charge in [-0.05, 0) is 25.9 Å². The van der Waals surface area contributed by atoms with Gasteiger partial charge in [0.05, 0.1) is 12.2 Å². The number of hydrogen-bond acceptors (Lipinski definition) is 5. The highest BCUT2D eigenvalue weighted by Gasteiger charge is 2.30. The molecular formula is C14H24N4O. The lowest BCUT2D eigenvalue weighted by Crippen LogP contribution is -2.49. The monoisotopic (exact) mass is 264 g/mol. The Morgan fingerprint density at radius 2 is 2.37 bits per heavy atom. The highest BCUT2D eigenvalue weighted by molar-refractivity contribution is 5.05. The number of hydrogen-bond donors (Lipinski definition) is 1. The summed E-state index contributed by atoms with van der Waals surface area (Å²) in [4.78, 5) is 5.14. The van der Waals surface area contributed by atoms with E-state index >= 15 is 0 Å². The third kappa shape index (κ3) is 3.16. The number of rotatable bonds is 5. The van der Waals surface area contributed by atoms with Gasteiger partial charge in [-0.15, -0.1) is 0 Å². The lowest BCUT2D eigenvalue weighted by molar-refractivity contribution is 0.0922. The van der Waals surface area contributed by atoms with Crippen molar-refractivity contribution in [2.45, 2.75) is 38.9 Å². The second kappa shape index (κ2) is 6.03. The molecule has 0 bridgehead atoms. The van der Waals surface area contributed by atoms with Crippen molar-refractivity contribution in [2.24, 2.45) is 0 Å². The first-order valence-corrected chi connectivity index (χ1v) is 7.46. The van der Waals surface area contributed by atoms with Gasteiger partial charge in [-0.25, -0.2) is 0 Å². The lowest BCUT2D eigenvalue weighted by atomic mass is 10.1. The van der Waals surface area contributed by atoms with Gasteiger partial charge >= 0.3 is 0 Å². The maximum Gasteiger partial charge on any atom is 0.151 e. The molecule has 0 aliphatic carbocycles. The Morgan fingerprint density at radius 3 is 3.26 bits per heavy atom. The Labute approximate surface area is 114 Å². The van der Waals surface area contributed by atoms with E-state index < -0.39 is 0 Å². The molecular weight excluding hydrogens is 240 g/mol. The summed E-state index contributed by atoms with van der Waals surface area (Å²) in [5.41, 5.74) is 1.01. The van der Waals surface area contributed by atoms with Gasteiger partial charge in [0.25, 0.3) is 0 Å². The predicted molar refractivity (Wildman–Crippen MR) is 73.8 cm³/mol. The number of nitrogens with one attached hydrogen (secondary N) is 1. The first-order chi connectivity index (χ1) is 9.35. The molecule has 1 aromatic heterocycles. The molecule has 2 fully saturated rings. The zero-order valence-corrected chi connectivity index (χ0v) is 11.8. The fraction of sp³-hybridized carbons (Fsp3) is 0.786. The fourth-order valence-corrected chi connectivity index (χ4v) is 3.19. The van der Waals surface area contributed by atoms with Gasteiger partial charge in [0.2, 0.25) is 0 Å². The standard InChI is InChI=1S/C14H24N4O/c1-2-15-9-12-8-14(19-16-12)11-17-6-7-18-5-3-4-13(18)10-17/h8,13,15H,2-7,9-11H2,1H3. The van der Waals surface area contributed by atoms with Crippen LogP contribution in [0.1, 0.15) is 31.2 Å². The maximum absolute atomic E-state index is 5.43. The normalized spacial score (nSPS) is 24.8. The van der Waals surface area contributed by atoms with Crippen LogP contribution in [0.15, 0.2) is 10.6 Å². The number of aromatic nitrogens is 1. The minimum atomic E-state index is 0.776. The second-order valence-electron chi connectivity index (χ2n) is 5.63. The van der Waals surface area contributed by atoms with Crippen LogP contribution in [0.25, 0.3) is 0 Å². The van der Waals surface area contributed by atoms with Crippen LogP contribution >= 0.6 is 0 Å². The average Bonchev–Trinajstić information content (AvgIpc) is 3.05. The number of fused-ring (bicyclic) bond motifs is 1. The molecule has 5 nitrogen and oxygen atoms in total. The topological polar surface area (TPSA) is 44.5 Å². The summed E-state index contributed by atoms with van der Waals surface area (Å²) in [6.07, 6.45) is 2.73. The molecule has 2 aliphatic heterocycles. The van der Waals surface area contributed by atoms with Crippen LogP contribution in [0.5, 0.6) is 0 Å². The van der Waals surface area contributed by atoms with Crippen molar-refractivity contribution in [1.82, 2.24) is 20.3 Å². The molecule has 1 atom stereocenters. The molecule has 1 unspecified atom stereocenters. The number of piperazine rings is 1. The van der Waals surface area contributed by atoms with Crippen molar-refractivity contribution in [1.29, 1.82) is 0 Å². The van der Waals surface area contributed by atoms with Gasteiger partial charge < -0.3 is 9.84 Å². The van der Waals surface area contributed by atoms with Crippen LogP contribution in [0.4, 0.5) is 0 Å². The summed E-state index contributed by atoms with van der Waals surface area (Å²) in [5, 5.41) is 7.38. The molecule has 106 valence electrons. The predicted octanol–water partition coefficient (Wildman–Crippen LogP) is 1.06. The van der Waals surface area contributed by atoms with Crippen molar-refractivity contribution in [3.8, 4) is 0 Å². The molecule has 5 heteroatoms. The van der Waals surface area contributed by atoms with E-state index in [9.17, 15) is 0 Å². The molecule has 0 saturated carbocycles. The largest absolute Gasteiger partial charge is 0.360 e. The molecule has 0 radical (unpaired) electrons. The van der Waals surface area contributed by atoms with Gasteiger partial charge in [-0.2, -0.15) is 0 Å². The van der Waals surface area contributed by atoms with Gasteiger partial charge in [-0.3, -0.25) is 9.80 Å². The van der Waals surface area contributed by atoms with Crippen molar-refractivity contribution in [3.63, 3.8) is 0 Å². The van der Waals surface area contributed by atoms with E-state index in [-0.39, 0.29) is 0 Å². The third-order valence-electron chi connectivity index (χ3n) is 4.21. The minimum Gasteiger partial charge on any atom is -0.360 e. The second-order valence-corrected chi connectivity index (χ2v) is 5.63. The third-order valence-corrected chi connectivity index (χ3v) is 4.21. The Bertz CT molecular complexity index is 406. The molecule has 2 saturated heterocycles. The first kappa shape index (κ1) is 13.1. The van der Waals surface area contributed by atoms with Crippen molar-refractivity contribution in [3.05, 3.63) is 17.5 Å². The highest BCUT2D eigenvalue weighted by atomic mass is 16.5. The smallest absolute Gasteiger partial charge is 0.151 e. The van der Waals surface area contributed by atoms with Crippen LogP contribution in [-0.4, -0.2) is 53.7 Å². The summed E-state index contributed by atoms with van der Waals surface area (Å²) >= 11 is 0. The molecule has 1 aromatic rings. The average molecular weight is 264 g/mol. The van der Waals surface area contributed by atoms with E-state index in [0.29, 0.717) is 0 Å². The molecule has 2 aliphatic rings. The van der Waals surface area contributed by atoms with Crippen LogP contribution in [-0.2, 0) is 13.1 Å². The number of nitrogens with zero attached hydrogens (tertiary/aromatic N) is 3. The van der Waals surface area contributed by atoms with E-state index in [2.05, 4.69) is 33.3 Å². The van der Waals surface area contributed by atoms with Gasteiger partial charge in [0.15, 0.2) is 5.76 Å². The van der Waals surface area contributed by atoms with Crippen LogP contribution in [0.3, 0.4) is 0 Å². The Morgan fingerprint density at radius 1 is 1.42 bits per heavy atom. The summed E-state index contributed by atoms with van der Waals surface area (Å²) in [6, 6.07) is 2.86. The fourth-order valence-electron chi connectivity index (χ4n) is 3.19. The van der Waals surface area contributed by atoms with E-state index in [1.165, 1.54) is 32.5 Å². The molecule has 3 heterocycles. The molecule has 0 amide bonds. The molecule has 0 aromatic carbocycles. The Balaban J connectivity index is 1.52. The minimum absolute atomic E-state index is 0.776. The summed E-state index contributed by atoms with van der Waals surface area (Å²) in [7, 11) is 0. The first-order valence-electron chi connectivity index (χ1n) is 7.46. The van der Waals surface area contributed by atoms with Crippen LogP contribution in [0, 0.1) is 0 Å². The van der Waals surface area contributed by atoms with E-state index in [1.807, 2.05) is 0 Å². The maximum atomic E-state index is 5.43. The van der Waals surface area contributed by atoms with E-state index in [1.54, 1.807) is 0 Å². The lowest BCUT2D eigenvalue weighted by Gasteiger charge is -2.36. The van der Waals surface area contributed by atoms with Gasteiger partial charge in [0.1, 0.15) is 0 Å². The van der Waals surface area contributed by atoms with Gasteiger partial charge in [-0.1, -0.05) is 12.1 Å². The van der Waals surface area contributed by atoms with E-state index in [4.69, 9.17) is 4.52 Å². The van der Waals surface area contributed by atoms with Crippen molar-refractivity contribution < 1.29 is 4.52 Å². The van der Waals surface area contributed by atoms with Crippen molar-refractivity contribution >= 4 is 0 Å². The van der Waals surface area contributed by atoms with Crippen LogP contribution < -0.4 is 5.32 Å².